The number of hydrogen-bond acceptors (Lipinski definition) is 5. The molecule has 0 fully saturated rings. The van der Waals surface area contributed by atoms with Gasteiger partial charge in [-0.3, -0.25) is 4.79 Å². The SMILES string of the molecule is CCOc1cc(OC(C)=O)ccc1C1CCc2ccc(OCc3ccccc3)cc2O1. The van der Waals surface area contributed by atoms with E-state index >= 15 is 0 Å². The predicted molar refractivity (Wildman–Crippen MR) is 118 cm³/mol. The van der Waals surface area contributed by atoms with Crippen LogP contribution in [0, 0.1) is 0 Å². The van der Waals surface area contributed by atoms with E-state index < -0.39 is 0 Å². The van der Waals surface area contributed by atoms with Crippen LogP contribution in [0.25, 0.3) is 0 Å². The van der Waals surface area contributed by atoms with Crippen LogP contribution in [0.15, 0.2) is 66.7 Å². The molecule has 0 N–H and O–H groups in total. The van der Waals surface area contributed by atoms with Crippen LogP contribution in [0.1, 0.15) is 43.1 Å². The minimum Gasteiger partial charge on any atom is -0.493 e. The van der Waals surface area contributed by atoms with Gasteiger partial charge in [0.15, 0.2) is 0 Å². The molecule has 1 unspecified atom stereocenters. The molecule has 31 heavy (non-hydrogen) atoms. The lowest BCUT2D eigenvalue weighted by Crippen LogP contribution is -2.16. The maximum atomic E-state index is 11.3. The lowest BCUT2D eigenvalue weighted by molar-refractivity contribution is -0.131. The van der Waals surface area contributed by atoms with Crippen LogP contribution in [-0.4, -0.2) is 12.6 Å². The van der Waals surface area contributed by atoms with Crippen LogP contribution in [0.5, 0.6) is 23.0 Å². The molecule has 0 radical (unpaired) electrons. The second-order valence-electron chi connectivity index (χ2n) is 7.42. The van der Waals surface area contributed by atoms with Crippen LogP contribution >= 0.6 is 0 Å². The van der Waals surface area contributed by atoms with Crippen molar-refractivity contribution in [2.75, 3.05) is 6.61 Å². The van der Waals surface area contributed by atoms with E-state index in [0.29, 0.717) is 24.7 Å². The van der Waals surface area contributed by atoms with E-state index in [9.17, 15) is 4.79 Å². The number of aryl methyl sites for hydroxylation is 1. The summed E-state index contributed by atoms with van der Waals surface area (Å²) in [7, 11) is 0. The molecular weight excluding hydrogens is 392 g/mol. The Morgan fingerprint density at radius 2 is 1.81 bits per heavy atom. The van der Waals surface area contributed by atoms with Gasteiger partial charge in [0.1, 0.15) is 35.7 Å². The van der Waals surface area contributed by atoms with Crippen LogP contribution in [0.4, 0.5) is 0 Å². The largest absolute Gasteiger partial charge is 0.493 e. The number of hydrogen-bond donors (Lipinski definition) is 0. The summed E-state index contributed by atoms with van der Waals surface area (Å²) in [6.07, 6.45) is 1.59. The fraction of sp³-hybridized carbons (Fsp3) is 0.269. The van der Waals surface area contributed by atoms with Gasteiger partial charge in [-0.2, -0.15) is 0 Å². The third kappa shape index (κ3) is 5.18. The molecule has 1 aliphatic heterocycles. The molecule has 0 bridgehead atoms. The van der Waals surface area contributed by atoms with Gasteiger partial charge in [0.05, 0.1) is 6.61 Å². The summed E-state index contributed by atoms with van der Waals surface area (Å²) in [6.45, 7) is 4.33. The molecule has 0 aromatic heterocycles. The Hall–Kier alpha value is -3.47. The second kappa shape index (κ2) is 9.56. The summed E-state index contributed by atoms with van der Waals surface area (Å²) in [5.74, 6) is 2.38. The molecule has 0 saturated carbocycles. The number of carbonyl (C=O) groups is 1. The van der Waals surface area contributed by atoms with E-state index in [1.807, 2.05) is 55.5 Å². The molecular formula is C26H26O5. The molecule has 0 amide bonds. The van der Waals surface area contributed by atoms with Crippen molar-refractivity contribution in [3.63, 3.8) is 0 Å². The van der Waals surface area contributed by atoms with E-state index in [4.69, 9.17) is 18.9 Å². The minimum absolute atomic E-state index is 0.148. The van der Waals surface area contributed by atoms with E-state index in [1.54, 1.807) is 12.1 Å². The molecule has 0 saturated heterocycles. The first-order chi connectivity index (χ1) is 15.1. The third-order valence-electron chi connectivity index (χ3n) is 5.13. The van der Waals surface area contributed by atoms with Gasteiger partial charge in [-0.05, 0) is 49.1 Å². The molecule has 0 spiro atoms. The van der Waals surface area contributed by atoms with Crippen molar-refractivity contribution in [1.29, 1.82) is 0 Å². The summed E-state index contributed by atoms with van der Waals surface area (Å²) in [6, 6.07) is 21.5. The molecule has 1 atom stereocenters. The van der Waals surface area contributed by atoms with Gasteiger partial charge in [0.25, 0.3) is 0 Å². The van der Waals surface area contributed by atoms with Gasteiger partial charge < -0.3 is 18.9 Å². The Bertz CT molecular complexity index is 1040. The monoisotopic (exact) mass is 418 g/mol. The van der Waals surface area contributed by atoms with Gasteiger partial charge in [0.2, 0.25) is 0 Å². The molecule has 5 nitrogen and oxygen atoms in total. The molecule has 3 aromatic carbocycles. The van der Waals surface area contributed by atoms with Gasteiger partial charge in [-0.25, -0.2) is 0 Å². The maximum Gasteiger partial charge on any atom is 0.308 e. The third-order valence-corrected chi connectivity index (χ3v) is 5.13. The topological polar surface area (TPSA) is 54.0 Å². The normalized spacial score (nSPS) is 14.8. The average molecular weight is 418 g/mol. The molecule has 4 rings (SSSR count). The highest BCUT2D eigenvalue weighted by molar-refractivity contribution is 5.69. The summed E-state index contributed by atoms with van der Waals surface area (Å²) in [5.41, 5.74) is 3.23. The maximum absolute atomic E-state index is 11.3. The predicted octanol–water partition coefficient (Wildman–Crippen LogP) is 5.66. The van der Waals surface area contributed by atoms with E-state index in [1.165, 1.54) is 6.92 Å². The zero-order valence-corrected chi connectivity index (χ0v) is 17.8. The standard InChI is InChI=1S/C26H26O5/c1-3-28-26-16-22(30-18(2)27)12-13-23(26)24-14-10-20-9-11-21(15-25(20)31-24)29-17-19-7-5-4-6-8-19/h4-9,11-13,15-16,24H,3,10,14,17H2,1-2H3. The number of fused-ring (bicyclic) bond motifs is 1. The Labute approximate surface area is 182 Å². The second-order valence-corrected chi connectivity index (χ2v) is 7.42. The van der Waals surface area contributed by atoms with Crippen molar-refractivity contribution in [1.82, 2.24) is 0 Å². The Morgan fingerprint density at radius 3 is 2.58 bits per heavy atom. The Kier molecular flexibility index (Phi) is 6.41. The summed E-state index contributed by atoms with van der Waals surface area (Å²) in [4.78, 5) is 11.3. The highest BCUT2D eigenvalue weighted by Crippen LogP contribution is 2.41. The van der Waals surface area contributed by atoms with Crippen molar-refractivity contribution in [3.05, 3.63) is 83.4 Å². The fourth-order valence-electron chi connectivity index (χ4n) is 3.69. The van der Waals surface area contributed by atoms with Gasteiger partial charge in [-0.1, -0.05) is 36.4 Å². The lowest BCUT2D eigenvalue weighted by Gasteiger charge is -2.28. The average Bonchev–Trinajstić information content (AvgIpc) is 2.78. The van der Waals surface area contributed by atoms with E-state index in [-0.39, 0.29) is 12.1 Å². The molecule has 1 aliphatic rings. The Morgan fingerprint density at radius 1 is 1.00 bits per heavy atom. The van der Waals surface area contributed by atoms with Gasteiger partial charge in [-0.15, -0.1) is 0 Å². The lowest BCUT2D eigenvalue weighted by atomic mass is 9.96. The number of esters is 1. The molecule has 3 aromatic rings. The van der Waals surface area contributed by atoms with Crippen LogP contribution in [0.3, 0.4) is 0 Å². The molecule has 160 valence electrons. The fourth-order valence-corrected chi connectivity index (χ4v) is 3.69. The van der Waals surface area contributed by atoms with Crippen LogP contribution < -0.4 is 18.9 Å². The summed E-state index contributed by atoms with van der Waals surface area (Å²) in [5, 5.41) is 0. The van der Waals surface area contributed by atoms with Crippen molar-refractivity contribution in [2.45, 2.75) is 39.4 Å². The smallest absolute Gasteiger partial charge is 0.308 e. The first-order valence-corrected chi connectivity index (χ1v) is 10.5. The van der Waals surface area contributed by atoms with E-state index in [2.05, 4.69) is 6.07 Å². The van der Waals surface area contributed by atoms with Crippen LogP contribution in [0.2, 0.25) is 0 Å². The number of benzene rings is 3. The highest BCUT2D eigenvalue weighted by Gasteiger charge is 2.25. The summed E-state index contributed by atoms with van der Waals surface area (Å²) >= 11 is 0. The van der Waals surface area contributed by atoms with E-state index in [0.717, 1.165) is 41.0 Å². The van der Waals surface area contributed by atoms with Gasteiger partial charge >= 0.3 is 5.97 Å². The Balaban J connectivity index is 1.51. The summed E-state index contributed by atoms with van der Waals surface area (Å²) < 4.78 is 23.3. The van der Waals surface area contributed by atoms with Crippen molar-refractivity contribution in [3.8, 4) is 23.0 Å². The highest BCUT2D eigenvalue weighted by atomic mass is 16.5. The van der Waals surface area contributed by atoms with Crippen molar-refractivity contribution < 1.29 is 23.7 Å². The van der Waals surface area contributed by atoms with Crippen molar-refractivity contribution in [2.24, 2.45) is 0 Å². The first-order valence-electron chi connectivity index (χ1n) is 10.5. The zero-order valence-electron chi connectivity index (χ0n) is 17.8. The van der Waals surface area contributed by atoms with Crippen molar-refractivity contribution >= 4 is 5.97 Å². The quantitative estimate of drug-likeness (QED) is 0.366. The number of ether oxygens (including phenoxy) is 4. The first kappa shape index (κ1) is 20.8. The van der Waals surface area contributed by atoms with Gasteiger partial charge in [0, 0.05) is 24.6 Å². The molecule has 5 heteroatoms. The zero-order chi connectivity index (χ0) is 21.6. The number of carbonyl (C=O) groups excluding carboxylic acids is 1. The number of rotatable bonds is 7. The minimum atomic E-state index is -0.360. The molecule has 0 aliphatic carbocycles. The van der Waals surface area contributed by atoms with Crippen LogP contribution in [-0.2, 0) is 17.8 Å². The molecule has 1 heterocycles.